The van der Waals surface area contributed by atoms with Crippen LogP contribution in [0.2, 0.25) is 0 Å². The molecule has 0 saturated carbocycles. The van der Waals surface area contributed by atoms with Gasteiger partial charge in [0.1, 0.15) is 13.3 Å². The fourth-order valence-electron chi connectivity index (χ4n) is 2.82. The van der Waals surface area contributed by atoms with Crippen LogP contribution in [-0.4, -0.2) is 38.9 Å². The molecule has 4 aromatic rings. The minimum Gasteiger partial charge on any atom is -0.392 e. The predicted octanol–water partition coefficient (Wildman–Crippen LogP) is 3.63. The Morgan fingerprint density at radius 1 is 1.33 bits per heavy atom. The highest BCUT2D eigenvalue weighted by molar-refractivity contribution is 14.1. The molecule has 1 atom stereocenters. The highest BCUT2D eigenvalue weighted by atomic mass is 127. The van der Waals surface area contributed by atoms with Crippen molar-refractivity contribution < 1.29 is 5.11 Å². The SMILES string of the molecule is [B]P(C)n1nc(-c2nc3c(CO)cccc3[nH]2)c2cc(I)ccc21. The fraction of sp³-hybridized carbons (Fsp3) is 0.125. The summed E-state index contributed by atoms with van der Waals surface area (Å²) in [7, 11) is 5.24. The van der Waals surface area contributed by atoms with E-state index < -0.39 is 7.95 Å². The fourth-order valence-corrected chi connectivity index (χ4v) is 4.06. The van der Waals surface area contributed by atoms with E-state index in [1.54, 1.807) is 0 Å². The Labute approximate surface area is 154 Å². The molecule has 0 amide bonds. The lowest BCUT2D eigenvalue weighted by Crippen LogP contribution is -1.93. The third kappa shape index (κ3) is 2.55. The Balaban J connectivity index is 2.01. The van der Waals surface area contributed by atoms with E-state index in [9.17, 15) is 5.11 Å². The van der Waals surface area contributed by atoms with Crippen LogP contribution < -0.4 is 0 Å². The van der Waals surface area contributed by atoms with Gasteiger partial charge in [0.25, 0.3) is 0 Å². The third-order valence-electron chi connectivity index (χ3n) is 3.91. The van der Waals surface area contributed by atoms with E-state index in [-0.39, 0.29) is 6.61 Å². The van der Waals surface area contributed by atoms with Crippen molar-refractivity contribution in [2.24, 2.45) is 0 Å². The highest BCUT2D eigenvalue weighted by Gasteiger charge is 2.17. The average Bonchev–Trinajstić information content (AvgIpc) is 3.14. The standard InChI is InChI=1S/C16H13BIN4OP/c1-24(17)22-13-6-5-10(18)7-11(13)15(21-22)16-19-12-4-2-3-9(8-23)14(12)20-16/h2-7,23H,8H2,1H3,(H,19,20). The van der Waals surface area contributed by atoms with Crippen LogP contribution in [0.3, 0.4) is 0 Å². The molecule has 0 spiro atoms. The van der Waals surface area contributed by atoms with Crippen molar-refractivity contribution >= 4 is 60.0 Å². The number of hydrogen-bond donors (Lipinski definition) is 2. The molecule has 8 heteroatoms. The Morgan fingerprint density at radius 2 is 2.17 bits per heavy atom. The second kappa shape index (κ2) is 6.13. The number of hydrogen-bond acceptors (Lipinski definition) is 3. The molecule has 2 aromatic carbocycles. The number of H-pyrrole nitrogens is 1. The molecule has 0 aliphatic rings. The summed E-state index contributed by atoms with van der Waals surface area (Å²) in [6, 6.07) is 11.9. The van der Waals surface area contributed by atoms with E-state index >= 15 is 0 Å². The largest absolute Gasteiger partial charge is 0.392 e. The van der Waals surface area contributed by atoms with Gasteiger partial charge in [0.2, 0.25) is 0 Å². The number of aromatic amines is 1. The van der Waals surface area contributed by atoms with Gasteiger partial charge >= 0.3 is 0 Å². The topological polar surface area (TPSA) is 66.7 Å². The zero-order valence-corrected chi connectivity index (χ0v) is 15.9. The van der Waals surface area contributed by atoms with Gasteiger partial charge in [-0.15, -0.1) is 0 Å². The zero-order chi connectivity index (χ0) is 16.8. The number of aromatic nitrogens is 4. The summed E-state index contributed by atoms with van der Waals surface area (Å²) in [4.78, 5) is 8.00. The van der Waals surface area contributed by atoms with Crippen LogP contribution in [-0.2, 0) is 6.61 Å². The first-order valence-corrected chi connectivity index (χ1v) is 10.2. The Kier molecular flexibility index (Phi) is 4.10. The molecule has 118 valence electrons. The van der Waals surface area contributed by atoms with Crippen molar-refractivity contribution in [3.63, 3.8) is 0 Å². The third-order valence-corrected chi connectivity index (χ3v) is 5.49. The lowest BCUT2D eigenvalue weighted by molar-refractivity contribution is 0.283. The first-order valence-electron chi connectivity index (χ1n) is 7.34. The number of para-hydroxylation sites is 1. The van der Waals surface area contributed by atoms with E-state index in [0.29, 0.717) is 5.82 Å². The number of rotatable bonds is 3. The quantitative estimate of drug-likeness (QED) is 0.287. The van der Waals surface area contributed by atoms with Crippen molar-refractivity contribution in [3.8, 4) is 11.5 Å². The smallest absolute Gasteiger partial charge is 0.159 e. The number of fused-ring (bicyclic) bond motifs is 2. The molecule has 2 radical (unpaired) electrons. The number of imidazole rings is 1. The van der Waals surface area contributed by atoms with Crippen molar-refractivity contribution in [1.29, 1.82) is 0 Å². The summed E-state index contributed by atoms with van der Waals surface area (Å²) < 4.78 is 3.00. The maximum Gasteiger partial charge on any atom is 0.159 e. The summed E-state index contributed by atoms with van der Waals surface area (Å²) in [5, 5.41) is 15.2. The first kappa shape index (κ1) is 16.1. The van der Waals surface area contributed by atoms with Gasteiger partial charge in [-0.25, -0.2) is 4.98 Å². The van der Waals surface area contributed by atoms with Crippen LogP contribution in [0.25, 0.3) is 33.5 Å². The summed E-state index contributed by atoms with van der Waals surface area (Å²) in [5.74, 6) is 0.688. The van der Waals surface area contributed by atoms with Crippen molar-refractivity contribution in [3.05, 3.63) is 45.5 Å². The van der Waals surface area contributed by atoms with Crippen LogP contribution in [0.5, 0.6) is 0 Å². The van der Waals surface area contributed by atoms with Gasteiger partial charge < -0.3 is 10.1 Å². The lowest BCUT2D eigenvalue weighted by Gasteiger charge is -2.07. The minimum absolute atomic E-state index is 0.0439. The van der Waals surface area contributed by atoms with Gasteiger partial charge in [-0.05, 0) is 61.5 Å². The molecule has 0 bridgehead atoms. The maximum absolute atomic E-state index is 9.51. The van der Waals surface area contributed by atoms with Crippen LogP contribution >= 0.6 is 30.5 Å². The molecule has 0 aliphatic carbocycles. The molecule has 0 saturated heterocycles. The number of aliphatic hydroxyl groups is 1. The van der Waals surface area contributed by atoms with Crippen LogP contribution in [0.1, 0.15) is 5.56 Å². The van der Waals surface area contributed by atoms with Gasteiger partial charge in [0.05, 0.1) is 23.2 Å². The number of nitrogens with zero attached hydrogens (tertiary/aromatic N) is 3. The van der Waals surface area contributed by atoms with Gasteiger partial charge in [-0.3, -0.25) is 4.45 Å². The highest BCUT2D eigenvalue weighted by Crippen LogP contribution is 2.36. The van der Waals surface area contributed by atoms with E-state index in [2.05, 4.69) is 38.6 Å². The van der Waals surface area contributed by atoms with Crippen LogP contribution in [0.15, 0.2) is 36.4 Å². The van der Waals surface area contributed by atoms with Crippen LogP contribution in [0.4, 0.5) is 0 Å². The molecule has 2 N–H and O–H groups in total. The molecule has 4 rings (SSSR count). The number of halogens is 1. The molecule has 5 nitrogen and oxygen atoms in total. The second-order valence-electron chi connectivity index (χ2n) is 5.53. The summed E-state index contributed by atoms with van der Waals surface area (Å²) in [6.07, 6.45) is 0. The molecule has 2 heterocycles. The molecule has 1 unspecified atom stereocenters. The molecule has 2 aromatic heterocycles. The average molecular weight is 446 g/mol. The molecule has 0 fully saturated rings. The molecule has 0 aliphatic heterocycles. The van der Waals surface area contributed by atoms with E-state index in [0.717, 1.165) is 36.8 Å². The van der Waals surface area contributed by atoms with Gasteiger partial charge in [-0.1, -0.05) is 12.1 Å². The monoisotopic (exact) mass is 446 g/mol. The Morgan fingerprint density at radius 3 is 2.92 bits per heavy atom. The van der Waals surface area contributed by atoms with Crippen LogP contribution in [0, 0.1) is 3.57 Å². The first-order chi connectivity index (χ1) is 11.6. The Bertz CT molecular complexity index is 1060. The minimum atomic E-state index is -0.886. The van der Waals surface area contributed by atoms with Gasteiger partial charge in [0.15, 0.2) is 5.82 Å². The second-order valence-corrected chi connectivity index (χ2v) is 8.30. The summed E-state index contributed by atoms with van der Waals surface area (Å²) in [6.45, 7) is 1.92. The predicted molar refractivity (Wildman–Crippen MR) is 107 cm³/mol. The van der Waals surface area contributed by atoms with Crippen molar-refractivity contribution in [1.82, 2.24) is 19.5 Å². The van der Waals surface area contributed by atoms with Crippen molar-refractivity contribution in [2.75, 3.05) is 6.66 Å². The lowest BCUT2D eigenvalue weighted by atomic mass is 10.2. The number of benzene rings is 2. The van der Waals surface area contributed by atoms with Crippen molar-refractivity contribution in [2.45, 2.75) is 6.61 Å². The Hall–Kier alpha value is -1.44. The zero-order valence-electron chi connectivity index (χ0n) is 12.9. The van der Waals surface area contributed by atoms with E-state index in [1.807, 2.05) is 41.4 Å². The molecule has 24 heavy (non-hydrogen) atoms. The maximum atomic E-state index is 9.51. The number of aliphatic hydroxyl groups excluding tert-OH is 1. The summed E-state index contributed by atoms with van der Waals surface area (Å²) >= 11 is 2.29. The van der Waals surface area contributed by atoms with E-state index in [4.69, 9.17) is 12.7 Å². The summed E-state index contributed by atoms with van der Waals surface area (Å²) in [5.41, 5.74) is 4.24. The van der Waals surface area contributed by atoms with Gasteiger partial charge in [0, 0.05) is 14.5 Å². The molecular formula is C16H13BIN4OP. The number of nitrogens with one attached hydrogen (secondary N) is 1. The molecular weight excluding hydrogens is 433 g/mol. The van der Waals surface area contributed by atoms with E-state index in [1.165, 1.54) is 0 Å². The van der Waals surface area contributed by atoms with Gasteiger partial charge in [-0.2, -0.15) is 5.10 Å². The normalized spacial score (nSPS) is 13.0.